The monoisotopic (exact) mass is 273 g/mol. The molecular weight excluding hydrogens is 263 g/mol. The Bertz CT molecular complexity index is 531. The number of halogens is 3. The highest BCUT2D eigenvalue weighted by molar-refractivity contribution is 7.10. The standard InChI is InChI=1S/C11H10F3N3S/c12-11(13,14)7-3-1-6(2-4-7)8-5-18-10(17-8)9(15)16/h1-5,9H,15-16H2. The fraction of sp³-hybridized carbons (Fsp3) is 0.182. The van der Waals surface area contributed by atoms with E-state index in [4.69, 9.17) is 11.5 Å². The summed E-state index contributed by atoms with van der Waals surface area (Å²) in [5.41, 5.74) is 11.4. The molecule has 2 rings (SSSR count). The number of nitrogens with two attached hydrogens (primary N) is 2. The summed E-state index contributed by atoms with van der Waals surface area (Å²) < 4.78 is 37.2. The Morgan fingerprint density at radius 1 is 1.11 bits per heavy atom. The van der Waals surface area contributed by atoms with Crippen molar-refractivity contribution >= 4 is 11.3 Å². The summed E-state index contributed by atoms with van der Waals surface area (Å²) in [5, 5.41) is 2.26. The van der Waals surface area contributed by atoms with Crippen molar-refractivity contribution in [2.75, 3.05) is 0 Å². The summed E-state index contributed by atoms with van der Waals surface area (Å²) in [6.07, 6.45) is -5.00. The Balaban J connectivity index is 2.29. The van der Waals surface area contributed by atoms with Crippen molar-refractivity contribution in [2.24, 2.45) is 11.5 Å². The molecule has 0 aliphatic heterocycles. The van der Waals surface area contributed by atoms with Gasteiger partial charge in [-0.05, 0) is 12.1 Å². The SMILES string of the molecule is NC(N)c1nc(-c2ccc(C(F)(F)F)cc2)cs1. The van der Waals surface area contributed by atoms with E-state index in [0.29, 0.717) is 16.3 Å². The van der Waals surface area contributed by atoms with Gasteiger partial charge in [0, 0.05) is 10.9 Å². The number of benzene rings is 1. The zero-order valence-electron chi connectivity index (χ0n) is 9.11. The molecule has 1 aromatic heterocycles. The van der Waals surface area contributed by atoms with E-state index in [9.17, 15) is 13.2 Å². The zero-order valence-corrected chi connectivity index (χ0v) is 9.92. The van der Waals surface area contributed by atoms with Crippen molar-refractivity contribution in [3.05, 3.63) is 40.2 Å². The summed E-state index contributed by atoms with van der Waals surface area (Å²) in [6, 6.07) is 4.81. The molecule has 0 fully saturated rings. The summed E-state index contributed by atoms with van der Waals surface area (Å²) in [4.78, 5) is 4.16. The Morgan fingerprint density at radius 2 is 1.72 bits per heavy atom. The summed E-state index contributed by atoms with van der Waals surface area (Å²) in [5.74, 6) is 0. The minimum absolute atomic E-state index is 0.546. The highest BCUT2D eigenvalue weighted by Crippen LogP contribution is 2.31. The van der Waals surface area contributed by atoms with Crippen LogP contribution in [0.25, 0.3) is 11.3 Å². The molecule has 1 aromatic carbocycles. The van der Waals surface area contributed by atoms with E-state index >= 15 is 0 Å². The molecule has 1 heterocycles. The van der Waals surface area contributed by atoms with Crippen LogP contribution in [-0.4, -0.2) is 4.98 Å². The summed E-state index contributed by atoms with van der Waals surface area (Å²) >= 11 is 1.28. The molecule has 0 aliphatic carbocycles. The van der Waals surface area contributed by atoms with Crippen molar-refractivity contribution in [2.45, 2.75) is 12.3 Å². The average molecular weight is 273 g/mol. The van der Waals surface area contributed by atoms with Crippen molar-refractivity contribution < 1.29 is 13.2 Å². The first-order chi connectivity index (χ1) is 8.38. The van der Waals surface area contributed by atoms with Gasteiger partial charge in [-0.3, -0.25) is 0 Å². The lowest BCUT2D eigenvalue weighted by Crippen LogP contribution is -2.19. The van der Waals surface area contributed by atoms with Gasteiger partial charge in [0.2, 0.25) is 0 Å². The second-order valence-electron chi connectivity index (χ2n) is 3.67. The fourth-order valence-electron chi connectivity index (χ4n) is 1.40. The van der Waals surface area contributed by atoms with E-state index < -0.39 is 17.9 Å². The van der Waals surface area contributed by atoms with E-state index in [0.717, 1.165) is 12.1 Å². The third-order valence-electron chi connectivity index (χ3n) is 2.32. The number of alkyl halides is 3. The van der Waals surface area contributed by atoms with Crippen LogP contribution in [-0.2, 0) is 6.18 Å². The van der Waals surface area contributed by atoms with Gasteiger partial charge in [0.1, 0.15) is 11.2 Å². The third-order valence-corrected chi connectivity index (χ3v) is 3.26. The van der Waals surface area contributed by atoms with Crippen molar-refractivity contribution in [3.63, 3.8) is 0 Å². The number of nitrogens with zero attached hydrogens (tertiary/aromatic N) is 1. The molecule has 18 heavy (non-hydrogen) atoms. The van der Waals surface area contributed by atoms with Crippen LogP contribution in [0.1, 0.15) is 16.7 Å². The van der Waals surface area contributed by atoms with Crippen LogP contribution in [0, 0.1) is 0 Å². The Morgan fingerprint density at radius 3 is 2.17 bits per heavy atom. The first-order valence-electron chi connectivity index (χ1n) is 5.02. The second kappa shape index (κ2) is 4.68. The highest BCUT2D eigenvalue weighted by Gasteiger charge is 2.30. The molecule has 0 bridgehead atoms. The molecule has 96 valence electrons. The van der Waals surface area contributed by atoms with Crippen LogP contribution in [0.4, 0.5) is 13.2 Å². The molecule has 4 N–H and O–H groups in total. The topological polar surface area (TPSA) is 64.9 Å². The van der Waals surface area contributed by atoms with Crippen LogP contribution in [0.15, 0.2) is 29.6 Å². The Labute approximate surface area is 105 Å². The molecule has 2 aromatic rings. The van der Waals surface area contributed by atoms with Crippen LogP contribution in [0.2, 0.25) is 0 Å². The predicted molar refractivity (Wildman–Crippen MR) is 63.7 cm³/mol. The molecule has 0 amide bonds. The lowest BCUT2D eigenvalue weighted by molar-refractivity contribution is -0.137. The zero-order chi connectivity index (χ0) is 13.3. The van der Waals surface area contributed by atoms with Crippen LogP contribution < -0.4 is 11.5 Å². The number of thiazole rings is 1. The smallest absolute Gasteiger partial charge is 0.310 e. The maximum Gasteiger partial charge on any atom is 0.416 e. The maximum atomic E-state index is 12.4. The summed E-state index contributed by atoms with van der Waals surface area (Å²) in [7, 11) is 0. The number of aromatic nitrogens is 1. The largest absolute Gasteiger partial charge is 0.416 e. The van der Waals surface area contributed by atoms with E-state index in [1.807, 2.05) is 0 Å². The summed E-state index contributed by atoms with van der Waals surface area (Å²) in [6.45, 7) is 0. The van der Waals surface area contributed by atoms with Crippen LogP contribution >= 0.6 is 11.3 Å². The van der Waals surface area contributed by atoms with Crippen LogP contribution in [0.3, 0.4) is 0 Å². The van der Waals surface area contributed by atoms with Gasteiger partial charge in [-0.25, -0.2) is 4.98 Å². The molecule has 3 nitrogen and oxygen atoms in total. The molecule has 0 spiro atoms. The predicted octanol–water partition coefficient (Wildman–Crippen LogP) is 2.74. The van der Waals surface area contributed by atoms with E-state index in [1.165, 1.54) is 23.5 Å². The quantitative estimate of drug-likeness (QED) is 0.827. The van der Waals surface area contributed by atoms with E-state index in [2.05, 4.69) is 4.98 Å². The van der Waals surface area contributed by atoms with Gasteiger partial charge >= 0.3 is 6.18 Å². The molecular formula is C11H10F3N3S. The molecule has 0 aliphatic rings. The van der Waals surface area contributed by atoms with Gasteiger partial charge in [-0.15, -0.1) is 11.3 Å². The van der Waals surface area contributed by atoms with Crippen molar-refractivity contribution in [1.82, 2.24) is 4.98 Å². The first kappa shape index (κ1) is 13.0. The van der Waals surface area contributed by atoms with Crippen molar-refractivity contribution in [1.29, 1.82) is 0 Å². The molecule has 0 atom stereocenters. The van der Waals surface area contributed by atoms with Gasteiger partial charge in [0.15, 0.2) is 0 Å². The average Bonchev–Trinajstić information content (AvgIpc) is 2.77. The van der Waals surface area contributed by atoms with Gasteiger partial charge in [-0.2, -0.15) is 13.2 Å². The normalized spacial score (nSPS) is 12.1. The maximum absolute atomic E-state index is 12.4. The molecule has 0 saturated carbocycles. The number of rotatable bonds is 2. The molecule has 0 radical (unpaired) electrons. The Hall–Kier alpha value is -1.44. The number of hydrogen-bond acceptors (Lipinski definition) is 4. The molecule has 7 heteroatoms. The lowest BCUT2D eigenvalue weighted by atomic mass is 10.1. The Kier molecular flexibility index (Phi) is 3.38. The van der Waals surface area contributed by atoms with Gasteiger partial charge in [0.05, 0.1) is 11.3 Å². The van der Waals surface area contributed by atoms with Gasteiger partial charge in [0.25, 0.3) is 0 Å². The fourth-order valence-corrected chi connectivity index (χ4v) is 2.13. The third kappa shape index (κ3) is 2.69. The second-order valence-corrected chi connectivity index (χ2v) is 4.56. The molecule has 0 unspecified atom stereocenters. The van der Waals surface area contributed by atoms with Crippen molar-refractivity contribution in [3.8, 4) is 11.3 Å². The van der Waals surface area contributed by atoms with Gasteiger partial charge in [-0.1, -0.05) is 12.1 Å². The minimum Gasteiger partial charge on any atom is -0.310 e. The minimum atomic E-state index is -4.33. The van der Waals surface area contributed by atoms with E-state index in [1.54, 1.807) is 5.38 Å². The van der Waals surface area contributed by atoms with Crippen LogP contribution in [0.5, 0.6) is 0 Å². The molecule has 0 saturated heterocycles. The lowest BCUT2D eigenvalue weighted by Gasteiger charge is -2.06. The highest BCUT2D eigenvalue weighted by atomic mass is 32.1. The van der Waals surface area contributed by atoms with Gasteiger partial charge < -0.3 is 11.5 Å². The number of hydrogen-bond donors (Lipinski definition) is 2. The van der Waals surface area contributed by atoms with E-state index in [-0.39, 0.29) is 0 Å². The first-order valence-corrected chi connectivity index (χ1v) is 5.90.